The Balaban J connectivity index is 2.71. The average Bonchev–Trinajstić information content (AvgIpc) is 2.14. The van der Waals surface area contributed by atoms with E-state index in [1.54, 1.807) is 0 Å². The second kappa shape index (κ2) is 4.35. The molecule has 0 aliphatic rings. The van der Waals surface area contributed by atoms with E-state index in [1.165, 1.54) is 11.1 Å². The summed E-state index contributed by atoms with van der Waals surface area (Å²) in [7, 11) is 0. The second-order valence-electron chi connectivity index (χ2n) is 4.73. The molecule has 0 heterocycles. The van der Waals surface area contributed by atoms with Gasteiger partial charge in [-0.25, -0.2) is 0 Å². The number of anilines is 1. The highest BCUT2D eigenvalue weighted by Gasteiger charge is 2.15. The first-order valence-electron chi connectivity index (χ1n) is 5.16. The maximum absolute atomic E-state index is 8.89. The van der Waals surface area contributed by atoms with Gasteiger partial charge in [-0.2, -0.15) is 5.26 Å². The third kappa shape index (κ3) is 3.63. The summed E-state index contributed by atoms with van der Waals surface area (Å²) in [5, 5.41) is 12.2. The van der Waals surface area contributed by atoms with Gasteiger partial charge in [0.25, 0.3) is 0 Å². The summed E-state index contributed by atoms with van der Waals surface area (Å²) in [6, 6.07) is 8.61. The molecule has 0 saturated heterocycles. The predicted molar refractivity (Wildman–Crippen MR) is 63.8 cm³/mol. The minimum Gasteiger partial charge on any atom is -0.383 e. The Hall–Kier alpha value is -1.49. The van der Waals surface area contributed by atoms with Gasteiger partial charge in [0.15, 0.2) is 0 Å². The molecule has 1 aromatic carbocycles. The summed E-state index contributed by atoms with van der Waals surface area (Å²) in [6.45, 7) is 8.69. The van der Waals surface area contributed by atoms with Crippen LogP contribution >= 0.6 is 0 Å². The summed E-state index contributed by atoms with van der Waals surface area (Å²) in [4.78, 5) is 0. The Morgan fingerprint density at radius 3 is 2.20 bits per heavy atom. The molecule has 2 heteroatoms. The Morgan fingerprint density at radius 1 is 1.20 bits per heavy atom. The highest BCUT2D eigenvalue weighted by molar-refractivity contribution is 5.48. The minimum atomic E-state index is -0.322. The van der Waals surface area contributed by atoms with Crippen molar-refractivity contribution in [3.05, 3.63) is 29.3 Å². The number of nitriles is 1. The van der Waals surface area contributed by atoms with Crippen molar-refractivity contribution in [2.75, 3.05) is 11.9 Å². The summed E-state index contributed by atoms with van der Waals surface area (Å²) < 4.78 is 0. The van der Waals surface area contributed by atoms with Crippen LogP contribution in [0.5, 0.6) is 0 Å². The zero-order valence-electron chi connectivity index (χ0n) is 9.89. The van der Waals surface area contributed by atoms with Crippen LogP contribution in [0, 0.1) is 30.6 Å². The third-order valence-electron chi connectivity index (χ3n) is 2.26. The third-order valence-corrected chi connectivity index (χ3v) is 2.26. The first-order chi connectivity index (χ1) is 6.93. The van der Waals surface area contributed by atoms with Crippen molar-refractivity contribution in [3.8, 4) is 6.07 Å². The topological polar surface area (TPSA) is 35.8 Å². The van der Waals surface area contributed by atoms with Crippen LogP contribution in [0.1, 0.15) is 25.0 Å². The molecule has 0 saturated carbocycles. The number of nitrogens with one attached hydrogen (secondary N) is 1. The van der Waals surface area contributed by atoms with Crippen LogP contribution in [-0.2, 0) is 0 Å². The van der Waals surface area contributed by atoms with E-state index in [2.05, 4.69) is 43.4 Å². The molecule has 80 valence electrons. The Morgan fingerprint density at radius 2 is 1.73 bits per heavy atom. The van der Waals surface area contributed by atoms with E-state index in [0.29, 0.717) is 6.54 Å². The molecule has 2 nitrogen and oxygen atoms in total. The molecule has 0 amide bonds. The van der Waals surface area contributed by atoms with Gasteiger partial charge in [-0.3, -0.25) is 0 Å². The van der Waals surface area contributed by atoms with Crippen LogP contribution in [-0.4, -0.2) is 6.54 Å². The first kappa shape index (κ1) is 11.6. The van der Waals surface area contributed by atoms with Crippen LogP contribution in [0.3, 0.4) is 0 Å². The van der Waals surface area contributed by atoms with Gasteiger partial charge in [-0.15, -0.1) is 0 Å². The Kier molecular flexibility index (Phi) is 3.36. The van der Waals surface area contributed by atoms with Crippen molar-refractivity contribution in [1.82, 2.24) is 0 Å². The summed E-state index contributed by atoms with van der Waals surface area (Å²) in [6.07, 6.45) is 0. The number of rotatable bonds is 3. The molecule has 0 aromatic heterocycles. The smallest absolute Gasteiger partial charge is 0.0702 e. The fraction of sp³-hybridized carbons (Fsp3) is 0.462. The van der Waals surface area contributed by atoms with Gasteiger partial charge in [0, 0.05) is 12.2 Å². The first-order valence-corrected chi connectivity index (χ1v) is 5.16. The van der Waals surface area contributed by atoms with E-state index in [1.807, 2.05) is 13.8 Å². The molecular weight excluding hydrogens is 184 g/mol. The van der Waals surface area contributed by atoms with Crippen LogP contribution in [0.2, 0.25) is 0 Å². The molecule has 0 bridgehead atoms. The zero-order chi connectivity index (χ0) is 11.5. The summed E-state index contributed by atoms with van der Waals surface area (Å²) in [5.41, 5.74) is 3.26. The molecule has 0 aliphatic carbocycles. The molecule has 0 atom stereocenters. The van der Waals surface area contributed by atoms with E-state index >= 15 is 0 Å². The van der Waals surface area contributed by atoms with Gasteiger partial charge < -0.3 is 5.32 Å². The monoisotopic (exact) mass is 202 g/mol. The van der Waals surface area contributed by atoms with Gasteiger partial charge in [-0.05, 0) is 51.0 Å². The Labute approximate surface area is 91.9 Å². The van der Waals surface area contributed by atoms with E-state index < -0.39 is 0 Å². The van der Waals surface area contributed by atoms with Crippen LogP contribution in [0.4, 0.5) is 5.69 Å². The summed E-state index contributed by atoms with van der Waals surface area (Å²) >= 11 is 0. The lowest BCUT2D eigenvalue weighted by atomic mass is 9.96. The molecule has 0 spiro atoms. The molecule has 0 fully saturated rings. The van der Waals surface area contributed by atoms with Crippen molar-refractivity contribution in [2.45, 2.75) is 27.7 Å². The lowest BCUT2D eigenvalue weighted by Gasteiger charge is -2.17. The van der Waals surface area contributed by atoms with Gasteiger partial charge in [0.05, 0.1) is 11.5 Å². The van der Waals surface area contributed by atoms with Gasteiger partial charge in [0.1, 0.15) is 0 Å². The van der Waals surface area contributed by atoms with Gasteiger partial charge in [0.2, 0.25) is 0 Å². The maximum Gasteiger partial charge on any atom is 0.0702 e. The fourth-order valence-corrected chi connectivity index (χ4v) is 1.44. The average molecular weight is 202 g/mol. The zero-order valence-corrected chi connectivity index (χ0v) is 9.89. The van der Waals surface area contributed by atoms with Crippen molar-refractivity contribution in [2.24, 2.45) is 5.41 Å². The highest BCUT2D eigenvalue weighted by Crippen LogP contribution is 2.17. The lowest BCUT2D eigenvalue weighted by Crippen LogP contribution is -2.20. The van der Waals surface area contributed by atoms with E-state index in [0.717, 1.165) is 5.69 Å². The molecular formula is C13H18N2. The molecule has 1 aromatic rings. The number of nitrogens with zero attached hydrogens (tertiary/aromatic N) is 1. The SMILES string of the molecule is Cc1cc(C)cc(NCC(C)(C)C#N)c1. The summed E-state index contributed by atoms with van der Waals surface area (Å²) in [5.74, 6) is 0. The van der Waals surface area contributed by atoms with E-state index in [4.69, 9.17) is 5.26 Å². The highest BCUT2D eigenvalue weighted by atomic mass is 14.9. The van der Waals surface area contributed by atoms with Gasteiger partial charge >= 0.3 is 0 Å². The second-order valence-corrected chi connectivity index (χ2v) is 4.73. The Bertz CT molecular complexity index is 366. The van der Waals surface area contributed by atoms with Crippen molar-refractivity contribution in [1.29, 1.82) is 5.26 Å². The number of benzene rings is 1. The maximum atomic E-state index is 8.89. The number of hydrogen-bond donors (Lipinski definition) is 1. The minimum absolute atomic E-state index is 0.322. The standard InChI is InChI=1S/C13H18N2/c1-10-5-11(2)7-12(6-10)15-9-13(3,4)8-14/h5-7,15H,9H2,1-4H3. The van der Waals surface area contributed by atoms with Crippen LogP contribution in [0.15, 0.2) is 18.2 Å². The van der Waals surface area contributed by atoms with Crippen LogP contribution in [0.25, 0.3) is 0 Å². The molecule has 0 aliphatic heterocycles. The molecule has 1 rings (SSSR count). The van der Waals surface area contributed by atoms with Crippen molar-refractivity contribution >= 4 is 5.69 Å². The van der Waals surface area contributed by atoms with Crippen molar-refractivity contribution < 1.29 is 0 Å². The largest absolute Gasteiger partial charge is 0.383 e. The fourth-order valence-electron chi connectivity index (χ4n) is 1.44. The predicted octanol–water partition coefficient (Wildman–Crippen LogP) is 3.27. The van der Waals surface area contributed by atoms with E-state index in [-0.39, 0.29) is 5.41 Å². The number of hydrogen-bond acceptors (Lipinski definition) is 2. The molecule has 0 radical (unpaired) electrons. The molecule has 15 heavy (non-hydrogen) atoms. The number of aryl methyl sites for hydroxylation is 2. The van der Waals surface area contributed by atoms with Crippen LogP contribution < -0.4 is 5.32 Å². The quantitative estimate of drug-likeness (QED) is 0.816. The normalized spacial score (nSPS) is 10.9. The van der Waals surface area contributed by atoms with Gasteiger partial charge in [-0.1, -0.05) is 6.07 Å². The van der Waals surface area contributed by atoms with Crippen molar-refractivity contribution in [3.63, 3.8) is 0 Å². The lowest BCUT2D eigenvalue weighted by molar-refractivity contribution is 0.529. The van der Waals surface area contributed by atoms with E-state index in [9.17, 15) is 0 Å². The molecule has 1 N–H and O–H groups in total. The molecule has 0 unspecified atom stereocenters.